The quantitative estimate of drug-likeness (QED) is 0.448. The largest absolute Gasteiger partial charge is 0.300 e. The highest BCUT2D eigenvalue weighted by atomic mass is 16.6. The van der Waals surface area contributed by atoms with Gasteiger partial charge in [-0.3, -0.25) is 10.1 Å². The van der Waals surface area contributed by atoms with Crippen LogP contribution in [0.3, 0.4) is 0 Å². The van der Waals surface area contributed by atoms with Crippen molar-refractivity contribution < 1.29 is 9.72 Å². The summed E-state index contributed by atoms with van der Waals surface area (Å²) >= 11 is 0. The maximum Gasteiger partial charge on any atom is 0.206 e. The van der Waals surface area contributed by atoms with Crippen LogP contribution in [-0.2, 0) is 4.79 Å². The maximum absolute atomic E-state index is 10.5. The topological polar surface area (TPSA) is 60.2 Å². The average Bonchev–Trinajstić information content (AvgIpc) is 1.82. The number of Topliss-reactive ketones (excluding diaryl/α,β-unsaturated/α-hetero) is 1. The van der Waals surface area contributed by atoms with E-state index in [0.29, 0.717) is 12.8 Å². The molecule has 11 heavy (non-hydrogen) atoms. The van der Waals surface area contributed by atoms with Crippen LogP contribution in [0.2, 0.25) is 0 Å². The van der Waals surface area contributed by atoms with Crippen molar-refractivity contribution >= 4 is 5.78 Å². The highest BCUT2D eigenvalue weighted by Crippen LogP contribution is 2.05. The Hall–Kier alpha value is -0.930. The summed E-state index contributed by atoms with van der Waals surface area (Å²) in [6.07, 6.45) is 1.07. The number of hydrogen-bond donors (Lipinski definition) is 0. The van der Waals surface area contributed by atoms with Crippen molar-refractivity contribution in [2.24, 2.45) is 5.92 Å². The molecule has 0 aromatic rings. The Labute approximate surface area is 65.7 Å². The minimum absolute atomic E-state index is 0.00824. The third kappa shape index (κ3) is 6.96. The first kappa shape index (κ1) is 10.1. The molecule has 0 heterocycles. The minimum atomic E-state index is -0.342. The molecule has 0 spiro atoms. The molecule has 4 heteroatoms. The average molecular weight is 159 g/mol. The van der Waals surface area contributed by atoms with Crippen molar-refractivity contribution in [3.8, 4) is 0 Å². The van der Waals surface area contributed by atoms with Crippen molar-refractivity contribution in [2.45, 2.75) is 26.7 Å². The molecule has 0 aromatic heterocycles. The summed E-state index contributed by atoms with van der Waals surface area (Å²) in [5, 5.41) is 9.98. The third-order valence-corrected chi connectivity index (χ3v) is 1.45. The van der Waals surface area contributed by atoms with Gasteiger partial charge in [0.2, 0.25) is 6.54 Å². The van der Waals surface area contributed by atoms with Gasteiger partial charge in [-0.25, -0.2) is 0 Å². The lowest BCUT2D eigenvalue weighted by molar-refractivity contribution is -0.487. The van der Waals surface area contributed by atoms with E-state index in [1.165, 1.54) is 6.92 Å². The van der Waals surface area contributed by atoms with Gasteiger partial charge in [0.15, 0.2) is 0 Å². The van der Waals surface area contributed by atoms with Crippen molar-refractivity contribution in [1.82, 2.24) is 0 Å². The monoisotopic (exact) mass is 159 g/mol. The fourth-order valence-corrected chi connectivity index (χ4v) is 0.795. The highest BCUT2D eigenvalue weighted by Gasteiger charge is 2.09. The molecule has 0 rings (SSSR count). The lowest BCUT2D eigenvalue weighted by Crippen LogP contribution is -2.11. The minimum Gasteiger partial charge on any atom is -0.300 e. The Kier molecular flexibility index (Phi) is 4.41. The summed E-state index contributed by atoms with van der Waals surface area (Å²) in [6.45, 7) is 3.25. The Bertz CT molecular complexity index is 156. The van der Waals surface area contributed by atoms with E-state index < -0.39 is 0 Å². The number of nitro groups is 1. The maximum atomic E-state index is 10.5. The van der Waals surface area contributed by atoms with Gasteiger partial charge in [-0.05, 0) is 13.3 Å². The van der Waals surface area contributed by atoms with Crippen molar-refractivity contribution in [3.05, 3.63) is 10.1 Å². The van der Waals surface area contributed by atoms with Gasteiger partial charge in [-0.2, -0.15) is 0 Å². The van der Waals surface area contributed by atoms with Gasteiger partial charge in [-0.1, -0.05) is 6.92 Å². The van der Waals surface area contributed by atoms with Crippen LogP contribution in [0.25, 0.3) is 0 Å². The number of nitrogens with zero attached hydrogens (tertiary/aromatic N) is 1. The van der Waals surface area contributed by atoms with E-state index >= 15 is 0 Å². The first-order valence-corrected chi connectivity index (χ1v) is 3.63. The molecule has 0 amide bonds. The van der Waals surface area contributed by atoms with Gasteiger partial charge < -0.3 is 4.79 Å². The number of rotatable bonds is 5. The first-order valence-electron chi connectivity index (χ1n) is 3.63. The molecule has 0 aromatic carbocycles. The molecular weight excluding hydrogens is 146 g/mol. The molecule has 0 aliphatic carbocycles. The Balaban J connectivity index is 3.44. The van der Waals surface area contributed by atoms with Gasteiger partial charge >= 0.3 is 0 Å². The van der Waals surface area contributed by atoms with E-state index in [9.17, 15) is 14.9 Å². The van der Waals surface area contributed by atoms with Crippen LogP contribution in [0.1, 0.15) is 26.7 Å². The Morgan fingerprint density at radius 2 is 2.18 bits per heavy atom. The zero-order valence-electron chi connectivity index (χ0n) is 6.87. The molecule has 0 aliphatic rings. The van der Waals surface area contributed by atoms with Crippen molar-refractivity contribution in [3.63, 3.8) is 0 Å². The Morgan fingerprint density at radius 1 is 1.64 bits per heavy atom. The van der Waals surface area contributed by atoms with Gasteiger partial charge in [0, 0.05) is 17.3 Å². The summed E-state index contributed by atoms with van der Waals surface area (Å²) in [7, 11) is 0. The van der Waals surface area contributed by atoms with E-state index in [1.807, 2.05) is 0 Å². The van der Waals surface area contributed by atoms with E-state index in [-0.39, 0.29) is 23.2 Å². The zero-order chi connectivity index (χ0) is 8.85. The molecule has 0 saturated carbocycles. The van der Waals surface area contributed by atoms with Gasteiger partial charge in [0.05, 0.1) is 0 Å². The number of hydrogen-bond acceptors (Lipinski definition) is 3. The smallest absolute Gasteiger partial charge is 0.206 e. The molecule has 0 bridgehead atoms. The second-order valence-corrected chi connectivity index (χ2v) is 2.86. The molecule has 0 radical (unpaired) electrons. The van der Waals surface area contributed by atoms with E-state index in [2.05, 4.69) is 0 Å². The molecule has 64 valence electrons. The second kappa shape index (κ2) is 4.82. The predicted molar refractivity (Wildman–Crippen MR) is 40.9 cm³/mol. The van der Waals surface area contributed by atoms with Crippen LogP contribution in [0.5, 0.6) is 0 Å². The molecular formula is C7H13NO3. The lowest BCUT2D eigenvalue weighted by Gasteiger charge is -2.02. The highest BCUT2D eigenvalue weighted by molar-refractivity contribution is 5.75. The summed E-state index contributed by atoms with van der Waals surface area (Å²) in [5.74, 6) is 0.106. The molecule has 1 atom stereocenters. The van der Waals surface area contributed by atoms with Crippen LogP contribution >= 0.6 is 0 Å². The second-order valence-electron chi connectivity index (χ2n) is 2.86. The van der Waals surface area contributed by atoms with Crippen LogP contribution in [-0.4, -0.2) is 17.3 Å². The summed E-state index contributed by atoms with van der Waals surface area (Å²) in [6, 6.07) is 0. The van der Waals surface area contributed by atoms with Crippen molar-refractivity contribution in [2.75, 3.05) is 6.54 Å². The number of ketones is 1. The molecule has 4 nitrogen and oxygen atoms in total. The van der Waals surface area contributed by atoms with Crippen LogP contribution < -0.4 is 0 Å². The van der Waals surface area contributed by atoms with Crippen LogP contribution in [0, 0.1) is 16.0 Å². The SMILES string of the molecule is CC(=O)CCC(C)C[N+](=O)[O-]. The van der Waals surface area contributed by atoms with E-state index in [0.717, 1.165) is 0 Å². The zero-order valence-corrected chi connectivity index (χ0v) is 6.87. The molecule has 0 N–H and O–H groups in total. The van der Waals surface area contributed by atoms with Crippen LogP contribution in [0.4, 0.5) is 0 Å². The summed E-state index contributed by atoms with van der Waals surface area (Å²) < 4.78 is 0. The number of carbonyl (C=O) groups excluding carboxylic acids is 1. The van der Waals surface area contributed by atoms with Crippen molar-refractivity contribution in [1.29, 1.82) is 0 Å². The molecule has 0 saturated heterocycles. The first-order chi connectivity index (χ1) is 5.02. The van der Waals surface area contributed by atoms with Gasteiger partial charge in [-0.15, -0.1) is 0 Å². The molecule has 0 aliphatic heterocycles. The summed E-state index contributed by atoms with van der Waals surface area (Å²) in [5.41, 5.74) is 0. The fourth-order valence-electron chi connectivity index (χ4n) is 0.795. The Morgan fingerprint density at radius 3 is 2.55 bits per heavy atom. The third-order valence-electron chi connectivity index (χ3n) is 1.45. The normalized spacial score (nSPS) is 12.5. The number of carbonyl (C=O) groups is 1. The molecule has 0 fully saturated rings. The van der Waals surface area contributed by atoms with Gasteiger partial charge in [0.1, 0.15) is 5.78 Å². The van der Waals surface area contributed by atoms with Gasteiger partial charge in [0.25, 0.3) is 0 Å². The summed E-state index contributed by atoms with van der Waals surface area (Å²) in [4.78, 5) is 20.1. The standard InChI is InChI=1S/C7H13NO3/c1-6(5-8(10)11)3-4-7(2)9/h6H,3-5H2,1-2H3. The van der Waals surface area contributed by atoms with E-state index in [4.69, 9.17) is 0 Å². The lowest BCUT2D eigenvalue weighted by atomic mass is 10.0. The van der Waals surface area contributed by atoms with E-state index in [1.54, 1.807) is 6.92 Å². The molecule has 1 unspecified atom stereocenters. The predicted octanol–water partition coefficient (Wildman–Crippen LogP) is 1.27. The fraction of sp³-hybridized carbons (Fsp3) is 0.857. The van der Waals surface area contributed by atoms with Crippen LogP contribution in [0.15, 0.2) is 0 Å².